The maximum atomic E-state index is 14.3. The average molecular weight is 661 g/mol. The smallest absolute Gasteiger partial charge is 0.434 e. The summed E-state index contributed by atoms with van der Waals surface area (Å²) in [5.74, 6) is -1.01. The first kappa shape index (κ1) is 32.0. The fraction of sp³-hybridized carbons (Fsp3) is 0.219. The summed E-state index contributed by atoms with van der Waals surface area (Å²) in [6, 6.07) is 15.3. The van der Waals surface area contributed by atoms with Crippen molar-refractivity contribution < 1.29 is 36.6 Å². The molecule has 0 saturated heterocycles. The van der Waals surface area contributed by atoms with Crippen molar-refractivity contribution in [2.45, 2.75) is 32.7 Å². The first-order valence-corrected chi connectivity index (χ1v) is 14.9. The summed E-state index contributed by atoms with van der Waals surface area (Å²) < 4.78 is 74.7. The number of rotatable bonds is 9. The Morgan fingerprint density at radius 1 is 1.02 bits per heavy atom. The van der Waals surface area contributed by atoms with Crippen molar-refractivity contribution in [3.63, 3.8) is 0 Å². The van der Waals surface area contributed by atoms with Crippen LogP contribution in [0.2, 0.25) is 5.02 Å². The van der Waals surface area contributed by atoms with Crippen molar-refractivity contribution in [1.29, 1.82) is 0 Å². The van der Waals surface area contributed by atoms with E-state index in [2.05, 4.69) is 4.99 Å². The topological polar surface area (TPSA) is 79.1 Å². The Balaban J connectivity index is 1.62. The molecule has 0 amide bonds. The second-order valence-corrected chi connectivity index (χ2v) is 11.1. The lowest BCUT2D eigenvalue weighted by molar-refractivity contribution is -0.140. The molecule has 234 valence electrons. The minimum atomic E-state index is -5.02. The molecule has 45 heavy (non-hydrogen) atoms. The quantitative estimate of drug-likeness (QED) is 0.160. The van der Waals surface area contributed by atoms with Gasteiger partial charge in [-0.15, -0.1) is 0 Å². The molecule has 2 heterocycles. The molecule has 0 radical (unpaired) electrons. The molecule has 3 aromatic carbocycles. The first-order chi connectivity index (χ1) is 21.5. The van der Waals surface area contributed by atoms with E-state index in [4.69, 9.17) is 25.8 Å². The Hall–Kier alpha value is -4.42. The predicted molar refractivity (Wildman–Crippen MR) is 161 cm³/mol. The number of hydrogen-bond acceptors (Lipinski definition) is 7. The lowest BCUT2D eigenvalue weighted by Crippen LogP contribution is -2.41. The Morgan fingerprint density at radius 2 is 1.76 bits per heavy atom. The highest BCUT2D eigenvalue weighted by Gasteiger charge is 2.45. The highest BCUT2D eigenvalue weighted by molar-refractivity contribution is 7.07. The summed E-state index contributed by atoms with van der Waals surface area (Å²) in [6.45, 7) is 3.26. The van der Waals surface area contributed by atoms with Crippen LogP contribution >= 0.6 is 22.9 Å². The summed E-state index contributed by atoms with van der Waals surface area (Å²) in [5, 5.41) is 0.315. The molecular weight excluding hydrogens is 636 g/mol. The van der Waals surface area contributed by atoms with Gasteiger partial charge in [-0.3, -0.25) is 9.36 Å². The molecule has 13 heteroatoms. The minimum absolute atomic E-state index is 0.0558. The lowest BCUT2D eigenvalue weighted by Gasteiger charge is -2.26. The lowest BCUT2D eigenvalue weighted by atomic mass is 9.95. The summed E-state index contributed by atoms with van der Waals surface area (Å²) in [7, 11) is 0. The molecule has 1 aromatic heterocycles. The molecule has 0 fully saturated rings. The third kappa shape index (κ3) is 6.81. The molecule has 0 N–H and O–H groups in total. The zero-order valence-corrected chi connectivity index (χ0v) is 25.4. The molecule has 0 spiro atoms. The second kappa shape index (κ2) is 13.3. The maximum absolute atomic E-state index is 14.3. The Bertz CT molecular complexity index is 1950. The number of hydrogen-bond donors (Lipinski definition) is 0. The summed E-state index contributed by atoms with van der Waals surface area (Å²) in [6.07, 6.45) is -3.54. The van der Waals surface area contributed by atoms with Crippen LogP contribution in [0.5, 0.6) is 11.5 Å². The van der Waals surface area contributed by atoms with Gasteiger partial charge in [-0.05, 0) is 61.4 Å². The van der Waals surface area contributed by atoms with Crippen LogP contribution in [0.25, 0.3) is 6.08 Å². The van der Waals surface area contributed by atoms with Gasteiger partial charge in [0.05, 0.1) is 29.4 Å². The van der Waals surface area contributed by atoms with E-state index in [1.165, 1.54) is 43.3 Å². The van der Waals surface area contributed by atoms with Crippen molar-refractivity contribution in [1.82, 2.24) is 4.57 Å². The van der Waals surface area contributed by atoms with E-state index in [1.807, 2.05) is 0 Å². The van der Waals surface area contributed by atoms with Gasteiger partial charge in [0.2, 0.25) is 0 Å². The van der Waals surface area contributed by atoms with Gasteiger partial charge < -0.3 is 14.2 Å². The normalized spacial score (nSPS) is 15.0. The highest BCUT2D eigenvalue weighted by atomic mass is 35.5. The number of halogens is 5. The minimum Gasteiger partial charge on any atom is -0.490 e. The number of carbonyl (C=O) groups is 1. The molecule has 7 nitrogen and oxygen atoms in total. The van der Waals surface area contributed by atoms with Crippen LogP contribution in [0, 0.1) is 5.82 Å². The Labute approximate surface area is 263 Å². The van der Waals surface area contributed by atoms with Crippen LogP contribution in [-0.2, 0) is 16.1 Å². The number of esters is 1. The van der Waals surface area contributed by atoms with Crippen molar-refractivity contribution in [3.05, 3.63) is 125 Å². The van der Waals surface area contributed by atoms with Crippen molar-refractivity contribution in [2.75, 3.05) is 13.2 Å². The van der Waals surface area contributed by atoms with Crippen LogP contribution in [0.1, 0.15) is 36.6 Å². The van der Waals surface area contributed by atoms with Crippen LogP contribution in [0.15, 0.2) is 87.8 Å². The number of carbonyl (C=O) groups excluding carboxylic acids is 1. The number of nitrogens with zero attached hydrogens (tertiary/aromatic N) is 2. The SMILES string of the molecule is CCOC(=O)C1=C(C(F)(F)F)N=c2s/c(=C\c3ccc(OCc4ccccc4F)c(OCC)c3)c(=O)n2[C@@H]1c1ccc(Cl)cc1. The van der Waals surface area contributed by atoms with Gasteiger partial charge in [-0.2, -0.15) is 13.2 Å². The van der Waals surface area contributed by atoms with Crippen LogP contribution in [0.3, 0.4) is 0 Å². The Morgan fingerprint density at radius 3 is 2.42 bits per heavy atom. The third-order valence-electron chi connectivity index (χ3n) is 6.69. The number of thiazole rings is 1. The van der Waals surface area contributed by atoms with Crippen molar-refractivity contribution >= 4 is 35.0 Å². The molecule has 1 aliphatic heterocycles. The molecule has 4 aromatic rings. The summed E-state index contributed by atoms with van der Waals surface area (Å²) in [5.41, 5.74) is -1.88. The number of benzene rings is 3. The van der Waals surface area contributed by atoms with E-state index in [0.717, 1.165) is 15.9 Å². The van der Waals surface area contributed by atoms with Gasteiger partial charge in [-0.25, -0.2) is 14.2 Å². The molecule has 1 aliphatic rings. The van der Waals surface area contributed by atoms with E-state index in [9.17, 15) is 27.2 Å². The van der Waals surface area contributed by atoms with Gasteiger partial charge in [0.15, 0.2) is 22.0 Å². The number of aromatic nitrogens is 1. The number of alkyl halides is 3. The molecular formula is C32H25ClF4N2O5S. The van der Waals surface area contributed by atoms with Crippen molar-refractivity contribution in [3.8, 4) is 11.5 Å². The van der Waals surface area contributed by atoms with E-state index in [-0.39, 0.29) is 34.7 Å². The van der Waals surface area contributed by atoms with E-state index in [0.29, 0.717) is 27.6 Å². The van der Waals surface area contributed by atoms with Crippen LogP contribution in [-0.4, -0.2) is 29.9 Å². The standard InChI is InChI=1S/C32H25ClF4N2O5S/c1-3-42-24-15-18(9-14-23(24)44-17-20-7-5-6-8-22(20)34)16-25-29(40)39-27(19-10-12-21(33)13-11-19)26(30(41)43-4-2)28(32(35,36)37)38-31(39)45-25/h5-16,27H,3-4,17H2,1-2H3/b25-16-/t27-/m1/s1. The molecule has 0 aliphatic carbocycles. The van der Waals surface area contributed by atoms with E-state index in [1.54, 1.807) is 43.3 Å². The number of ether oxygens (including phenoxy) is 3. The average Bonchev–Trinajstić information content (AvgIpc) is 3.31. The zero-order valence-electron chi connectivity index (χ0n) is 23.9. The summed E-state index contributed by atoms with van der Waals surface area (Å²) >= 11 is 6.76. The van der Waals surface area contributed by atoms with Gasteiger partial charge in [-0.1, -0.05) is 59.3 Å². The highest BCUT2D eigenvalue weighted by Crippen LogP contribution is 2.38. The summed E-state index contributed by atoms with van der Waals surface area (Å²) in [4.78, 5) is 30.3. The second-order valence-electron chi connectivity index (χ2n) is 9.63. The van der Waals surface area contributed by atoms with E-state index >= 15 is 0 Å². The molecule has 1 atom stereocenters. The third-order valence-corrected chi connectivity index (χ3v) is 7.92. The van der Waals surface area contributed by atoms with E-state index < -0.39 is 40.8 Å². The molecule has 0 bridgehead atoms. The molecule has 0 saturated carbocycles. The Kier molecular flexibility index (Phi) is 9.45. The van der Waals surface area contributed by atoms with Gasteiger partial charge >= 0.3 is 12.1 Å². The number of allylic oxidation sites excluding steroid dienone is 1. The fourth-order valence-corrected chi connectivity index (χ4v) is 5.85. The molecule has 5 rings (SSSR count). The zero-order chi connectivity index (χ0) is 32.3. The first-order valence-electron chi connectivity index (χ1n) is 13.7. The van der Waals surface area contributed by atoms with Gasteiger partial charge in [0.1, 0.15) is 12.4 Å². The number of fused-ring (bicyclic) bond motifs is 1. The largest absolute Gasteiger partial charge is 0.490 e. The van der Waals surface area contributed by atoms with Crippen LogP contribution in [0.4, 0.5) is 17.6 Å². The maximum Gasteiger partial charge on any atom is 0.434 e. The monoisotopic (exact) mass is 660 g/mol. The van der Waals surface area contributed by atoms with Crippen LogP contribution < -0.4 is 24.4 Å². The molecule has 0 unspecified atom stereocenters. The van der Waals surface area contributed by atoms with Gasteiger partial charge in [0.25, 0.3) is 5.56 Å². The fourth-order valence-electron chi connectivity index (χ4n) is 4.73. The van der Waals surface area contributed by atoms with Crippen molar-refractivity contribution in [2.24, 2.45) is 4.99 Å². The van der Waals surface area contributed by atoms with Gasteiger partial charge in [0, 0.05) is 10.6 Å². The predicted octanol–water partition coefficient (Wildman–Crippen LogP) is 6.11.